The second-order valence-electron chi connectivity index (χ2n) is 11.2. The molecule has 7 heteroatoms. The van der Waals surface area contributed by atoms with Crippen LogP contribution in [0.5, 0.6) is 5.75 Å². The summed E-state index contributed by atoms with van der Waals surface area (Å²) in [5.41, 5.74) is 8.08. The third kappa shape index (κ3) is 9.50. The second kappa shape index (κ2) is 18.0. The van der Waals surface area contributed by atoms with Crippen molar-refractivity contribution in [3.8, 4) is 5.75 Å². The van der Waals surface area contributed by atoms with Gasteiger partial charge in [0.15, 0.2) is 0 Å². The molecule has 0 saturated carbocycles. The summed E-state index contributed by atoms with van der Waals surface area (Å²) in [6, 6.07) is 17.4. The summed E-state index contributed by atoms with van der Waals surface area (Å²) in [7, 11) is 0. The van der Waals surface area contributed by atoms with Crippen LogP contribution in [-0.2, 0) is 25.4 Å². The van der Waals surface area contributed by atoms with E-state index in [9.17, 15) is 0 Å². The summed E-state index contributed by atoms with van der Waals surface area (Å²) in [6.45, 7) is 10.1. The minimum absolute atomic E-state index is 0.0828. The Morgan fingerprint density at radius 2 is 1.64 bits per heavy atom. The van der Waals surface area contributed by atoms with Crippen molar-refractivity contribution in [1.82, 2.24) is 0 Å². The fourth-order valence-corrected chi connectivity index (χ4v) is 6.50. The molecule has 2 heterocycles. The zero-order valence-electron chi connectivity index (χ0n) is 25.9. The van der Waals surface area contributed by atoms with E-state index in [2.05, 4.69) is 69.3 Å². The van der Waals surface area contributed by atoms with Crippen molar-refractivity contribution < 1.29 is 23.7 Å². The zero-order valence-corrected chi connectivity index (χ0v) is 26.7. The Kier molecular flexibility index (Phi) is 14.1. The Labute approximate surface area is 256 Å². The molecule has 0 spiro atoms. The number of nitrogens with two attached hydrogens (primary N) is 1. The van der Waals surface area contributed by atoms with Crippen LogP contribution in [0.2, 0.25) is 0 Å². The van der Waals surface area contributed by atoms with Gasteiger partial charge in [-0.2, -0.15) is 0 Å². The number of hydrogen-bond donors (Lipinski definition) is 1. The number of ether oxygens (including phenoxy) is 5. The summed E-state index contributed by atoms with van der Waals surface area (Å²) in [5, 5.41) is 1.29. The average Bonchev–Trinajstić information content (AvgIpc) is 3.42. The molecule has 1 aliphatic heterocycles. The van der Waals surface area contributed by atoms with Crippen LogP contribution in [-0.4, -0.2) is 57.9 Å². The maximum absolute atomic E-state index is 6.87. The number of thiophene rings is 1. The minimum Gasteiger partial charge on any atom is -0.492 e. The smallest absolute Gasteiger partial charge is 0.125 e. The van der Waals surface area contributed by atoms with Crippen molar-refractivity contribution in [3.63, 3.8) is 0 Å². The van der Waals surface area contributed by atoms with E-state index in [4.69, 9.17) is 29.4 Å². The highest BCUT2D eigenvalue weighted by Gasteiger charge is 2.42. The molecular formula is C35H51NO5S. The van der Waals surface area contributed by atoms with E-state index in [1.54, 1.807) is 0 Å². The molecule has 1 aromatic heterocycles. The Morgan fingerprint density at radius 1 is 0.881 bits per heavy atom. The molecule has 1 aliphatic rings. The zero-order chi connectivity index (χ0) is 29.6. The van der Waals surface area contributed by atoms with Gasteiger partial charge in [-0.05, 0) is 54.5 Å². The first-order valence-corrected chi connectivity index (χ1v) is 16.9. The van der Waals surface area contributed by atoms with E-state index < -0.39 is 0 Å². The van der Waals surface area contributed by atoms with Gasteiger partial charge in [0.1, 0.15) is 24.6 Å². The summed E-state index contributed by atoms with van der Waals surface area (Å²) < 4.78 is 33.6. The summed E-state index contributed by atoms with van der Waals surface area (Å²) in [6.07, 6.45) is 7.20. The highest BCUT2D eigenvalue weighted by molar-refractivity contribution is 7.19. The van der Waals surface area contributed by atoms with E-state index in [1.807, 2.05) is 11.3 Å². The fourth-order valence-electron chi connectivity index (χ4n) is 5.40. The molecule has 232 valence electrons. The largest absolute Gasteiger partial charge is 0.492 e. The number of rotatable bonds is 19. The first-order chi connectivity index (χ1) is 20.7. The summed E-state index contributed by atoms with van der Waals surface area (Å²) in [4.78, 5) is 1.33. The first-order valence-electron chi connectivity index (χ1n) is 16.1. The first kappa shape index (κ1) is 32.9. The molecule has 0 amide bonds. The molecule has 4 atom stereocenters. The molecule has 42 heavy (non-hydrogen) atoms. The van der Waals surface area contributed by atoms with Gasteiger partial charge in [0.05, 0.1) is 18.8 Å². The summed E-state index contributed by atoms with van der Waals surface area (Å²) in [5.74, 6) is 0.800. The van der Waals surface area contributed by atoms with E-state index in [-0.39, 0.29) is 24.4 Å². The predicted octanol–water partition coefficient (Wildman–Crippen LogP) is 7.85. The lowest BCUT2D eigenvalue weighted by molar-refractivity contribution is -0.213. The van der Waals surface area contributed by atoms with Crippen LogP contribution in [0.25, 0.3) is 10.1 Å². The normalized spacial score (nSPS) is 20.8. The maximum Gasteiger partial charge on any atom is 0.125 e. The lowest BCUT2D eigenvalue weighted by Gasteiger charge is -2.42. The van der Waals surface area contributed by atoms with Gasteiger partial charge in [0.2, 0.25) is 0 Å². The number of benzene rings is 2. The molecule has 1 saturated heterocycles. The van der Waals surface area contributed by atoms with E-state index in [0.29, 0.717) is 33.0 Å². The Bertz CT molecular complexity index is 1150. The van der Waals surface area contributed by atoms with Gasteiger partial charge in [-0.1, -0.05) is 64.3 Å². The highest BCUT2D eigenvalue weighted by atomic mass is 32.1. The van der Waals surface area contributed by atoms with Crippen molar-refractivity contribution in [2.45, 2.75) is 96.6 Å². The topological polar surface area (TPSA) is 72.2 Å². The molecule has 0 aliphatic carbocycles. The van der Waals surface area contributed by atoms with Gasteiger partial charge in [-0.3, -0.25) is 0 Å². The molecular weight excluding hydrogens is 546 g/mol. The number of fused-ring (bicyclic) bond motifs is 1. The monoisotopic (exact) mass is 597 g/mol. The second-order valence-corrected chi connectivity index (χ2v) is 12.4. The molecule has 0 bridgehead atoms. The molecule has 2 aromatic carbocycles. The van der Waals surface area contributed by atoms with Gasteiger partial charge < -0.3 is 29.4 Å². The van der Waals surface area contributed by atoms with Gasteiger partial charge in [0.25, 0.3) is 0 Å². The van der Waals surface area contributed by atoms with Crippen molar-refractivity contribution in [2.75, 3.05) is 39.6 Å². The van der Waals surface area contributed by atoms with Gasteiger partial charge >= 0.3 is 0 Å². The molecule has 0 unspecified atom stereocenters. The van der Waals surface area contributed by atoms with Crippen molar-refractivity contribution in [3.05, 3.63) is 64.5 Å². The van der Waals surface area contributed by atoms with E-state index in [0.717, 1.165) is 69.3 Å². The third-order valence-electron chi connectivity index (χ3n) is 7.69. The van der Waals surface area contributed by atoms with E-state index >= 15 is 0 Å². The van der Waals surface area contributed by atoms with Crippen LogP contribution in [0.1, 0.15) is 87.8 Å². The Hall–Kier alpha value is -2.00. The molecule has 6 nitrogen and oxygen atoms in total. The minimum atomic E-state index is -0.336. The van der Waals surface area contributed by atoms with Gasteiger partial charge in [0, 0.05) is 54.3 Å². The van der Waals surface area contributed by atoms with Crippen molar-refractivity contribution in [1.29, 1.82) is 0 Å². The lowest BCUT2D eigenvalue weighted by Crippen LogP contribution is -2.48. The molecule has 4 rings (SSSR count). The quantitative estimate of drug-likeness (QED) is 0.142. The van der Waals surface area contributed by atoms with Gasteiger partial charge in [-0.25, -0.2) is 0 Å². The van der Waals surface area contributed by atoms with Crippen molar-refractivity contribution >= 4 is 21.4 Å². The fraction of sp³-hybridized carbons (Fsp3) is 0.600. The SMILES string of the molecule is CCCCOC[C@@H]1C[C@H](OCCCC)[C@@H](OCCCC)[C@H](c2cc(Cc3cc4ccccc4s3)ccc2OCCN)O1. The molecule has 0 radical (unpaired) electrons. The number of unbranched alkanes of at least 4 members (excludes halogenated alkanes) is 3. The Morgan fingerprint density at radius 3 is 2.40 bits per heavy atom. The van der Waals surface area contributed by atoms with Crippen LogP contribution in [0.15, 0.2) is 48.5 Å². The third-order valence-corrected chi connectivity index (χ3v) is 8.81. The van der Waals surface area contributed by atoms with Crippen LogP contribution in [0.4, 0.5) is 0 Å². The van der Waals surface area contributed by atoms with E-state index in [1.165, 1.54) is 20.5 Å². The van der Waals surface area contributed by atoms with Crippen LogP contribution < -0.4 is 10.5 Å². The Balaban J connectivity index is 1.66. The summed E-state index contributed by atoms with van der Waals surface area (Å²) >= 11 is 1.85. The lowest BCUT2D eigenvalue weighted by atomic mass is 9.91. The van der Waals surface area contributed by atoms with Crippen LogP contribution in [0.3, 0.4) is 0 Å². The predicted molar refractivity (Wildman–Crippen MR) is 173 cm³/mol. The molecule has 2 N–H and O–H groups in total. The maximum atomic E-state index is 6.87. The standard InChI is InChI=1S/C35H51NO5S/c1-4-7-17-37-25-28-24-32(38-18-8-5-2)35(40-19-9-6-3)34(41-28)30-22-26(14-15-31(30)39-20-16-36)21-29-23-27-12-10-11-13-33(27)42-29/h10-15,22-23,28,32,34-35H,4-9,16-21,24-25,36H2,1-3H3/t28-,32-,34-,35+/m0/s1. The van der Waals surface area contributed by atoms with Crippen LogP contribution in [0, 0.1) is 0 Å². The van der Waals surface area contributed by atoms with Crippen molar-refractivity contribution in [2.24, 2.45) is 5.73 Å². The highest BCUT2D eigenvalue weighted by Crippen LogP contribution is 2.41. The molecule has 1 fully saturated rings. The number of hydrogen-bond acceptors (Lipinski definition) is 7. The van der Waals surface area contributed by atoms with Crippen LogP contribution >= 0.6 is 11.3 Å². The average molecular weight is 598 g/mol. The molecule has 3 aromatic rings. The van der Waals surface area contributed by atoms with Gasteiger partial charge in [-0.15, -0.1) is 11.3 Å².